The van der Waals surface area contributed by atoms with Gasteiger partial charge in [-0.25, -0.2) is 4.98 Å². The van der Waals surface area contributed by atoms with Crippen molar-refractivity contribution in [2.24, 2.45) is 5.73 Å². The van der Waals surface area contributed by atoms with Crippen molar-refractivity contribution in [1.29, 1.82) is 0 Å². The van der Waals surface area contributed by atoms with E-state index >= 15 is 0 Å². The molecule has 0 saturated heterocycles. The van der Waals surface area contributed by atoms with E-state index in [0.717, 1.165) is 12.0 Å². The highest BCUT2D eigenvalue weighted by Gasteiger charge is 2.12. The van der Waals surface area contributed by atoms with Crippen LogP contribution in [0.3, 0.4) is 0 Å². The Hall–Kier alpha value is -2.60. The van der Waals surface area contributed by atoms with Crippen LogP contribution in [0.15, 0.2) is 53.4 Å². The predicted molar refractivity (Wildman–Crippen MR) is 77.0 cm³/mol. The Bertz CT molecular complexity index is 684. The van der Waals surface area contributed by atoms with Gasteiger partial charge in [0.2, 0.25) is 11.7 Å². The van der Waals surface area contributed by atoms with Crippen molar-refractivity contribution in [2.45, 2.75) is 18.9 Å². The van der Waals surface area contributed by atoms with Gasteiger partial charge in [0, 0.05) is 24.9 Å². The second kappa shape index (κ2) is 6.23. The normalized spacial score (nSPS) is 12.2. The van der Waals surface area contributed by atoms with Crippen molar-refractivity contribution in [3.8, 4) is 11.5 Å². The minimum absolute atomic E-state index is 0.0435. The number of hydrogen-bond acceptors (Lipinski definition) is 6. The van der Waals surface area contributed by atoms with Crippen molar-refractivity contribution < 1.29 is 4.52 Å². The van der Waals surface area contributed by atoms with Gasteiger partial charge in [0.05, 0.1) is 6.20 Å². The maximum atomic E-state index is 6.15. The van der Waals surface area contributed by atoms with Gasteiger partial charge in [0.15, 0.2) is 0 Å². The fourth-order valence-electron chi connectivity index (χ4n) is 2.02. The van der Waals surface area contributed by atoms with Crippen LogP contribution in [-0.2, 0) is 6.42 Å². The Kier molecular flexibility index (Phi) is 3.97. The van der Waals surface area contributed by atoms with Gasteiger partial charge in [0.25, 0.3) is 0 Å². The van der Waals surface area contributed by atoms with Crippen LogP contribution in [0.4, 0.5) is 0 Å². The van der Waals surface area contributed by atoms with Crippen LogP contribution in [0.5, 0.6) is 0 Å². The first-order valence-electron chi connectivity index (χ1n) is 6.72. The molecule has 1 aromatic carbocycles. The van der Waals surface area contributed by atoms with Crippen molar-refractivity contribution >= 4 is 0 Å². The van der Waals surface area contributed by atoms with Gasteiger partial charge < -0.3 is 10.3 Å². The quantitative estimate of drug-likeness (QED) is 0.770. The number of rotatable bonds is 5. The van der Waals surface area contributed by atoms with E-state index in [0.29, 0.717) is 23.8 Å². The molecule has 21 heavy (non-hydrogen) atoms. The molecule has 0 amide bonds. The molecule has 6 nitrogen and oxygen atoms in total. The lowest BCUT2D eigenvalue weighted by atomic mass is 10.0. The van der Waals surface area contributed by atoms with Crippen molar-refractivity contribution in [2.75, 3.05) is 0 Å². The van der Waals surface area contributed by atoms with Crippen LogP contribution in [0.2, 0.25) is 0 Å². The molecule has 0 fully saturated rings. The minimum atomic E-state index is -0.0435. The topological polar surface area (TPSA) is 90.7 Å². The van der Waals surface area contributed by atoms with Crippen molar-refractivity contribution in [3.63, 3.8) is 0 Å². The smallest absolute Gasteiger partial charge is 0.227 e. The third-order valence-corrected chi connectivity index (χ3v) is 3.16. The number of aromatic nitrogens is 4. The molecule has 106 valence electrons. The van der Waals surface area contributed by atoms with E-state index in [1.807, 2.05) is 30.3 Å². The summed E-state index contributed by atoms with van der Waals surface area (Å²) in [6.45, 7) is 0. The van der Waals surface area contributed by atoms with E-state index in [4.69, 9.17) is 10.3 Å². The first-order valence-corrected chi connectivity index (χ1v) is 6.72. The first kappa shape index (κ1) is 13.4. The highest BCUT2D eigenvalue weighted by molar-refractivity contribution is 5.45. The molecule has 2 aromatic heterocycles. The maximum Gasteiger partial charge on any atom is 0.227 e. The molecule has 0 aliphatic rings. The molecule has 0 saturated carbocycles. The highest BCUT2D eigenvalue weighted by Crippen LogP contribution is 2.17. The molecular formula is C15H15N5O. The van der Waals surface area contributed by atoms with Crippen LogP contribution < -0.4 is 5.73 Å². The molecule has 6 heteroatoms. The van der Waals surface area contributed by atoms with Gasteiger partial charge >= 0.3 is 0 Å². The average Bonchev–Trinajstić information content (AvgIpc) is 3.03. The number of hydrogen-bond donors (Lipinski definition) is 1. The molecule has 0 aliphatic carbocycles. The van der Waals surface area contributed by atoms with Gasteiger partial charge in [0.1, 0.15) is 5.69 Å². The van der Waals surface area contributed by atoms with Gasteiger partial charge in [-0.2, -0.15) is 4.98 Å². The number of nitrogens with two attached hydrogens (primary N) is 1. The third kappa shape index (κ3) is 3.29. The number of nitrogens with zero attached hydrogens (tertiary/aromatic N) is 4. The second-order valence-electron chi connectivity index (χ2n) is 4.66. The Morgan fingerprint density at radius 2 is 2.00 bits per heavy atom. The predicted octanol–water partition coefficient (Wildman–Crippen LogP) is 2.16. The summed E-state index contributed by atoms with van der Waals surface area (Å²) in [6, 6.07) is 9.93. The largest absolute Gasteiger partial charge is 0.339 e. The third-order valence-electron chi connectivity index (χ3n) is 3.16. The highest BCUT2D eigenvalue weighted by atomic mass is 16.5. The molecule has 0 spiro atoms. The zero-order valence-electron chi connectivity index (χ0n) is 11.4. The molecule has 2 heterocycles. The van der Waals surface area contributed by atoms with E-state index in [1.54, 1.807) is 18.6 Å². The van der Waals surface area contributed by atoms with E-state index < -0.39 is 0 Å². The van der Waals surface area contributed by atoms with Crippen LogP contribution in [0.1, 0.15) is 23.9 Å². The first-order chi connectivity index (χ1) is 10.3. The minimum Gasteiger partial charge on any atom is -0.339 e. The summed E-state index contributed by atoms with van der Waals surface area (Å²) in [4.78, 5) is 12.4. The summed E-state index contributed by atoms with van der Waals surface area (Å²) in [5.41, 5.74) is 7.85. The van der Waals surface area contributed by atoms with E-state index in [1.165, 1.54) is 0 Å². The van der Waals surface area contributed by atoms with Gasteiger partial charge in [-0.3, -0.25) is 4.98 Å². The van der Waals surface area contributed by atoms with Gasteiger partial charge in [-0.05, 0) is 12.0 Å². The van der Waals surface area contributed by atoms with Crippen LogP contribution >= 0.6 is 0 Å². The van der Waals surface area contributed by atoms with Gasteiger partial charge in [-0.15, -0.1) is 0 Å². The van der Waals surface area contributed by atoms with E-state index in [-0.39, 0.29) is 6.04 Å². The Morgan fingerprint density at radius 3 is 2.76 bits per heavy atom. The Balaban J connectivity index is 1.63. The molecule has 3 rings (SSSR count). The monoisotopic (exact) mass is 281 g/mol. The molecule has 3 aromatic rings. The molecule has 2 N–H and O–H groups in total. The summed E-state index contributed by atoms with van der Waals surface area (Å²) in [5, 5.41) is 3.91. The molecule has 0 bridgehead atoms. The fraction of sp³-hybridized carbons (Fsp3) is 0.200. The maximum absolute atomic E-state index is 6.15. The summed E-state index contributed by atoms with van der Waals surface area (Å²) < 4.78 is 5.22. The van der Waals surface area contributed by atoms with Gasteiger partial charge in [-0.1, -0.05) is 35.5 Å². The summed E-state index contributed by atoms with van der Waals surface area (Å²) in [7, 11) is 0. The molecule has 0 aliphatic heterocycles. The average molecular weight is 281 g/mol. The molecule has 1 atom stereocenters. The standard InChI is InChI=1S/C15H15N5O/c16-12(11-4-2-1-3-5-11)6-7-14-19-15(20-21-14)13-10-17-8-9-18-13/h1-5,8-10,12H,6-7,16H2. The van der Waals surface area contributed by atoms with E-state index in [9.17, 15) is 0 Å². The Labute approximate surface area is 122 Å². The lowest BCUT2D eigenvalue weighted by Crippen LogP contribution is -2.11. The summed E-state index contributed by atoms with van der Waals surface area (Å²) in [5.74, 6) is 1.01. The van der Waals surface area contributed by atoms with Crippen molar-refractivity contribution in [3.05, 3.63) is 60.4 Å². The zero-order valence-corrected chi connectivity index (χ0v) is 11.4. The second-order valence-corrected chi connectivity index (χ2v) is 4.66. The SMILES string of the molecule is NC(CCc1nc(-c2cnccn2)no1)c1ccccc1. The van der Waals surface area contributed by atoms with E-state index in [2.05, 4.69) is 20.1 Å². The molecule has 0 radical (unpaired) electrons. The zero-order chi connectivity index (χ0) is 14.5. The Morgan fingerprint density at radius 1 is 1.14 bits per heavy atom. The van der Waals surface area contributed by atoms with Crippen molar-refractivity contribution in [1.82, 2.24) is 20.1 Å². The molecule has 1 unspecified atom stereocenters. The fourth-order valence-corrected chi connectivity index (χ4v) is 2.02. The van der Waals surface area contributed by atoms with Crippen LogP contribution in [0, 0.1) is 0 Å². The summed E-state index contributed by atoms with van der Waals surface area (Å²) >= 11 is 0. The number of aryl methyl sites for hydroxylation is 1. The van der Waals surface area contributed by atoms with Crippen LogP contribution in [0.25, 0.3) is 11.5 Å². The number of benzene rings is 1. The van der Waals surface area contributed by atoms with Crippen LogP contribution in [-0.4, -0.2) is 20.1 Å². The molecular weight excluding hydrogens is 266 g/mol. The lowest BCUT2D eigenvalue weighted by Gasteiger charge is -2.09. The lowest BCUT2D eigenvalue weighted by molar-refractivity contribution is 0.372. The summed E-state index contributed by atoms with van der Waals surface area (Å²) in [6.07, 6.45) is 6.17.